The standard InChI is InChI=1S/C15H14ClN3O3/c1-3-20-13-5-4-10(7-12(13)16)15-17-14(22-19-15)8-11-6-9(2)21-18-11/h4-7H,3,8H2,1-2H3. The molecule has 0 bridgehead atoms. The van der Waals surface area contributed by atoms with Crippen molar-refractivity contribution < 1.29 is 13.8 Å². The lowest BCUT2D eigenvalue weighted by molar-refractivity contribution is 0.340. The average Bonchev–Trinajstić information content (AvgIpc) is 3.11. The summed E-state index contributed by atoms with van der Waals surface area (Å²) in [6.45, 7) is 4.29. The largest absolute Gasteiger partial charge is 0.492 e. The van der Waals surface area contributed by atoms with Gasteiger partial charge in [0.15, 0.2) is 0 Å². The number of hydrogen-bond acceptors (Lipinski definition) is 6. The zero-order chi connectivity index (χ0) is 15.5. The number of nitrogens with zero attached hydrogens (tertiary/aromatic N) is 3. The van der Waals surface area contributed by atoms with Crippen molar-refractivity contribution in [2.24, 2.45) is 0 Å². The van der Waals surface area contributed by atoms with E-state index in [0.717, 1.165) is 17.0 Å². The predicted molar refractivity (Wildman–Crippen MR) is 80.0 cm³/mol. The average molecular weight is 320 g/mol. The van der Waals surface area contributed by atoms with Crippen LogP contribution in [-0.2, 0) is 6.42 Å². The zero-order valence-corrected chi connectivity index (χ0v) is 12.9. The zero-order valence-electron chi connectivity index (χ0n) is 12.2. The van der Waals surface area contributed by atoms with Crippen molar-refractivity contribution in [3.05, 3.63) is 46.6 Å². The van der Waals surface area contributed by atoms with Crippen molar-refractivity contribution in [3.8, 4) is 17.1 Å². The van der Waals surface area contributed by atoms with E-state index < -0.39 is 0 Å². The summed E-state index contributed by atoms with van der Waals surface area (Å²) in [6.07, 6.45) is 0.426. The van der Waals surface area contributed by atoms with Gasteiger partial charge in [-0.2, -0.15) is 4.98 Å². The van der Waals surface area contributed by atoms with E-state index in [4.69, 9.17) is 25.4 Å². The minimum atomic E-state index is 0.426. The molecule has 0 fully saturated rings. The lowest BCUT2D eigenvalue weighted by Gasteiger charge is -2.05. The van der Waals surface area contributed by atoms with Gasteiger partial charge in [0.05, 0.1) is 23.7 Å². The van der Waals surface area contributed by atoms with Crippen LogP contribution in [0.4, 0.5) is 0 Å². The molecule has 114 valence electrons. The normalized spacial score (nSPS) is 10.9. The van der Waals surface area contributed by atoms with E-state index >= 15 is 0 Å². The molecular weight excluding hydrogens is 306 g/mol. The summed E-state index contributed by atoms with van der Waals surface area (Å²) >= 11 is 6.16. The third-order valence-electron chi connectivity index (χ3n) is 2.97. The SMILES string of the molecule is CCOc1ccc(-c2noc(Cc3cc(C)on3)n2)cc1Cl. The van der Waals surface area contributed by atoms with Gasteiger partial charge < -0.3 is 13.8 Å². The number of ether oxygens (including phenoxy) is 1. The summed E-state index contributed by atoms with van der Waals surface area (Å²) in [6, 6.07) is 7.21. The maximum atomic E-state index is 6.16. The molecule has 2 aromatic heterocycles. The van der Waals surface area contributed by atoms with Crippen LogP contribution in [-0.4, -0.2) is 21.9 Å². The van der Waals surface area contributed by atoms with Gasteiger partial charge >= 0.3 is 0 Å². The van der Waals surface area contributed by atoms with E-state index in [0.29, 0.717) is 35.5 Å². The number of aromatic nitrogens is 3. The van der Waals surface area contributed by atoms with Crippen LogP contribution in [0.2, 0.25) is 5.02 Å². The topological polar surface area (TPSA) is 74.2 Å². The number of hydrogen-bond donors (Lipinski definition) is 0. The van der Waals surface area contributed by atoms with Gasteiger partial charge in [-0.25, -0.2) is 0 Å². The molecule has 0 radical (unpaired) electrons. The highest BCUT2D eigenvalue weighted by Crippen LogP contribution is 2.29. The van der Waals surface area contributed by atoms with Crippen LogP contribution in [0.3, 0.4) is 0 Å². The van der Waals surface area contributed by atoms with Gasteiger partial charge in [0, 0.05) is 11.6 Å². The molecule has 22 heavy (non-hydrogen) atoms. The first-order valence-electron chi connectivity index (χ1n) is 6.83. The Kier molecular flexibility index (Phi) is 4.11. The fourth-order valence-corrected chi connectivity index (χ4v) is 2.25. The van der Waals surface area contributed by atoms with Crippen LogP contribution in [0.15, 0.2) is 33.3 Å². The molecule has 0 unspecified atom stereocenters. The molecule has 1 aromatic carbocycles. The molecule has 0 aliphatic heterocycles. The minimum Gasteiger partial charge on any atom is -0.492 e. The van der Waals surface area contributed by atoms with E-state index in [1.807, 2.05) is 26.0 Å². The first-order chi connectivity index (χ1) is 10.7. The Morgan fingerprint density at radius 2 is 2.05 bits per heavy atom. The van der Waals surface area contributed by atoms with E-state index in [9.17, 15) is 0 Å². The first kappa shape index (κ1) is 14.6. The smallest absolute Gasteiger partial charge is 0.233 e. The summed E-state index contributed by atoms with van der Waals surface area (Å²) < 4.78 is 15.6. The van der Waals surface area contributed by atoms with Crippen LogP contribution in [0.25, 0.3) is 11.4 Å². The summed E-state index contributed by atoms with van der Waals surface area (Å²) in [5, 5.41) is 8.37. The molecule has 0 aliphatic carbocycles. The Hall–Kier alpha value is -2.34. The third kappa shape index (κ3) is 3.12. The Labute approximate surface area is 132 Å². The molecule has 0 aliphatic rings. The van der Waals surface area contributed by atoms with E-state index in [-0.39, 0.29) is 0 Å². The van der Waals surface area contributed by atoms with Gasteiger partial charge in [-0.15, -0.1) is 0 Å². The Balaban J connectivity index is 1.79. The number of aryl methyl sites for hydroxylation is 1. The Morgan fingerprint density at radius 1 is 1.18 bits per heavy atom. The Bertz CT molecular complexity index is 782. The fraction of sp³-hybridized carbons (Fsp3) is 0.267. The molecule has 3 aromatic rings. The van der Waals surface area contributed by atoms with Gasteiger partial charge in [-0.1, -0.05) is 21.9 Å². The maximum absolute atomic E-state index is 6.16. The number of benzene rings is 1. The molecule has 6 nitrogen and oxygen atoms in total. The maximum Gasteiger partial charge on any atom is 0.233 e. The van der Waals surface area contributed by atoms with Crippen LogP contribution < -0.4 is 4.74 Å². The second-order valence-corrected chi connectivity index (χ2v) is 5.10. The monoisotopic (exact) mass is 319 g/mol. The molecule has 0 saturated heterocycles. The highest BCUT2D eigenvalue weighted by atomic mass is 35.5. The van der Waals surface area contributed by atoms with Gasteiger partial charge in [0.2, 0.25) is 11.7 Å². The van der Waals surface area contributed by atoms with Gasteiger partial charge in [0.1, 0.15) is 11.5 Å². The minimum absolute atomic E-state index is 0.426. The van der Waals surface area contributed by atoms with Crippen molar-refractivity contribution in [1.82, 2.24) is 15.3 Å². The molecule has 2 heterocycles. The molecule has 0 spiro atoms. The van der Waals surface area contributed by atoms with E-state index in [1.54, 1.807) is 12.1 Å². The molecule has 3 rings (SSSR count). The van der Waals surface area contributed by atoms with Crippen LogP contribution in [0, 0.1) is 6.92 Å². The van der Waals surface area contributed by atoms with Crippen molar-refractivity contribution in [2.45, 2.75) is 20.3 Å². The predicted octanol–water partition coefficient (Wildman–Crippen LogP) is 3.68. The summed E-state index contributed by atoms with van der Waals surface area (Å²) in [7, 11) is 0. The summed E-state index contributed by atoms with van der Waals surface area (Å²) in [4.78, 5) is 4.34. The molecule has 0 amide bonds. The van der Waals surface area contributed by atoms with Gasteiger partial charge in [-0.3, -0.25) is 0 Å². The lowest BCUT2D eigenvalue weighted by atomic mass is 10.2. The van der Waals surface area contributed by atoms with Crippen molar-refractivity contribution in [1.29, 1.82) is 0 Å². The second kappa shape index (κ2) is 6.19. The third-order valence-corrected chi connectivity index (χ3v) is 3.26. The molecule has 7 heteroatoms. The van der Waals surface area contributed by atoms with Gasteiger partial charge in [-0.05, 0) is 32.0 Å². The summed E-state index contributed by atoms with van der Waals surface area (Å²) in [5.74, 6) is 2.32. The second-order valence-electron chi connectivity index (χ2n) is 4.70. The quantitative estimate of drug-likeness (QED) is 0.714. The molecule has 0 N–H and O–H groups in total. The van der Waals surface area contributed by atoms with Crippen LogP contribution in [0.1, 0.15) is 24.3 Å². The van der Waals surface area contributed by atoms with E-state index in [2.05, 4.69) is 15.3 Å². The van der Waals surface area contributed by atoms with Crippen molar-refractivity contribution in [2.75, 3.05) is 6.61 Å². The first-order valence-corrected chi connectivity index (χ1v) is 7.21. The van der Waals surface area contributed by atoms with E-state index in [1.165, 1.54) is 0 Å². The fourth-order valence-electron chi connectivity index (χ4n) is 2.01. The van der Waals surface area contributed by atoms with Gasteiger partial charge in [0.25, 0.3) is 0 Å². The molecule has 0 atom stereocenters. The summed E-state index contributed by atoms with van der Waals surface area (Å²) in [5.41, 5.74) is 1.51. The number of rotatable bonds is 5. The van der Waals surface area contributed by atoms with Crippen molar-refractivity contribution >= 4 is 11.6 Å². The van der Waals surface area contributed by atoms with Crippen LogP contribution in [0.5, 0.6) is 5.75 Å². The number of halogens is 1. The Morgan fingerprint density at radius 3 is 2.73 bits per heavy atom. The highest BCUT2D eigenvalue weighted by molar-refractivity contribution is 6.32. The molecule has 0 saturated carbocycles. The lowest BCUT2D eigenvalue weighted by Crippen LogP contribution is -1.92. The van der Waals surface area contributed by atoms with Crippen molar-refractivity contribution in [3.63, 3.8) is 0 Å². The molecular formula is C15H14ClN3O3. The van der Waals surface area contributed by atoms with Crippen LogP contribution >= 0.6 is 11.6 Å². The highest BCUT2D eigenvalue weighted by Gasteiger charge is 2.13.